The van der Waals surface area contributed by atoms with E-state index in [1.807, 2.05) is 14.8 Å². The van der Waals surface area contributed by atoms with Gasteiger partial charge in [-0.1, -0.05) is 13.8 Å². The molecule has 0 radical (unpaired) electrons. The summed E-state index contributed by atoms with van der Waals surface area (Å²) >= 11 is 0. The minimum Gasteiger partial charge on any atom is -0.382 e. The first kappa shape index (κ1) is 17.9. The summed E-state index contributed by atoms with van der Waals surface area (Å²) in [4.78, 5) is 0. The summed E-state index contributed by atoms with van der Waals surface area (Å²) in [5.41, 5.74) is 0. The van der Waals surface area contributed by atoms with Crippen molar-refractivity contribution in [2.24, 2.45) is 5.92 Å². The molecular formula is C14H29BO5. The number of hydrogen-bond donors (Lipinski definition) is 0. The second kappa shape index (κ2) is 8.34. The van der Waals surface area contributed by atoms with Crippen LogP contribution >= 0.6 is 0 Å². The number of rotatable bonds is 8. The SMILES string of the molecule is B[C@@H]1O[C@H](COC)C(OC)[C@@H]1O[C@@H](C)[C@H](OC)C(C)C. The highest BCUT2D eigenvalue weighted by Crippen LogP contribution is 2.27. The molecule has 0 aromatic heterocycles. The molecule has 1 saturated heterocycles. The smallest absolute Gasteiger partial charge is 0.142 e. The first-order chi connectivity index (χ1) is 9.46. The predicted molar refractivity (Wildman–Crippen MR) is 79.8 cm³/mol. The summed E-state index contributed by atoms with van der Waals surface area (Å²) in [7, 11) is 7.08. The number of ether oxygens (including phenoxy) is 5. The van der Waals surface area contributed by atoms with Crippen LogP contribution in [0.2, 0.25) is 0 Å². The molecule has 1 aliphatic rings. The van der Waals surface area contributed by atoms with E-state index in [9.17, 15) is 0 Å². The molecule has 1 aliphatic heterocycles. The topological polar surface area (TPSA) is 46.2 Å². The van der Waals surface area contributed by atoms with E-state index < -0.39 is 0 Å². The second-order valence-electron chi connectivity index (χ2n) is 5.79. The van der Waals surface area contributed by atoms with Gasteiger partial charge in [-0.05, 0) is 12.8 Å². The van der Waals surface area contributed by atoms with Crippen molar-refractivity contribution in [2.75, 3.05) is 27.9 Å². The van der Waals surface area contributed by atoms with Crippen molar-refractivity contribution < 1.29 is 23.7 Å². The Bertz CT molecular complexity index is 276. The van der Waals surface area contributed by atoms with E-state index in [0.29, 0.717) is 12.5 Å². The first-order valence-corrected chi connectivity index (χ1v) is 7.31. The molecule has 6 atom stereocenters. The summed E-state index contributed by atoms with van der Waals surface area (Å²) in [6, 6.07) is -0.0211. The van der Waals surface area contributed by atoms with E-state index in [1.165, 1.54) is 0 Å². The first-order valence-electron chi connectivity index (χ1n) is 7.31. The fraction of sp³-hybridized carbons (Fsp3) is 1.00. The van der Waals surface area contributed by atoms with Crippen LogP contribution in [0.3, 0.4) is 0 Å². The van der Waals surface area contributed by atoms with Crippen molar-refractivity contribution in [3.05, 3.63) is 0 Å². The molecule has 5 nitrogen and oxygen atoms in total. The van der Waals surface area contributed by atoms with Crippen molar-refractivity contribution >= 4 is 7.85 Å². The normalized spacial score (nSPS) is 33.5. The van der Waals surface area contributed by atoms with E-state index in [2.05, 4.69) is 13.8 Å². The Balaban J connectivity index is 2.69. The van der Waals surface area contributed by atoms with Gasteiger partial charge in [-0.15, -0.1) is 0 Å². The van der Waals surface area contributed by atoms with Crippen LogP contribution < -0.4 is 0 Å². The molecule has 6 heteroatoms. The van der Waals surface area contributed by atoms with Gasteiger partial charge in [0.05, 0.1) is 24.8 Å². The minimum atomic E-state index is -0.114. The lowest BCUT2D eigenvalue weighted by molar-refractivity contribution is -0.127. The van der Waals surface area contributed by atoms with E-state index in [-0.39, 0.29) is 36.5 Å². The van der Waals surface area contributed by atoms with Crippen molar-refractivity contribution in [3.63, 3.8) is 0 Å². The Hall–Kier alpha value is -0.135. The molecule has 0 aliphatic carbocycles. The summed E-state index contributed by atoms with van der Waals surface area (Å²) in [6.45, 7) is 6.81. The van der Waals surface area contributed by atoms with Crippen LogP contribution in [0, 0.1) is 5.92 Å². The molecule has 0 aromatic carbocycles. The molecule has 0 bridgehead atoms. The maximum Gasteiger partial charge on any atom is 0.142 e. The molecular weight excluding hydrogens is 259 g/mol. The highest BCUT2D eigenvalue weighted by Gasteiger charge is 2.44. The Morgan fingerprint density at radius 1 is 1.10 bits per heavy atom. The van der Waals surface area contributed by atoms with Gasteiger partial charge in [-0.2, -0.15) is 0 Å². The third-order valence-corrected chi connectivity index (χ3v) is 3.91. The van der Waals surface area contributed by atoms with Crippen LogP contribution in [0.5, 0.6) is 0 Å². The molecule has 1 fully saturated rings. The second-order valence-corrected chi connectivity index (χ2v) is 5.79. The maximum absolute atomic E-state index is 6.19. The monoisotopic (exact) mass is 288 g/mol. The lowest BCUT2D eigenvalue weighted by Crippen LogP contribution is -2.44. The van der Waals surface area contributed by atoms with Crippen molar-refractivity contribution in [2.45, 2.75) is 57.3 Å². The predicted octanol–water partition coefficient (Wildman–Crippen LogP) is 0.451. The minimum absolute atomic E-state index is 0.0185. The molecule has 0 saturated carbocycles. The highest BCUT2D eigenvalue weighted by atomic mass is 16.6. The van der Waals surface area contributed by atoms with Gasteiger partial charge in [0.2, 0.25) is 0 Å². The maximum atomic E-state index is 6.19. The molecule has 1 unspecified atom stereocenters. The Morgan fingerprint density at radius 3 is 2.20 bits per heavy atom. The third-order valence-electron chi connectivity index (χ3n) is 3.91. The summed E-state index contributed by atoms with van der Waals surface area (Å²) in [5, 5.41) is 0. The van der Waals surface area contributed by atoms with Gasteiger partial charge < -0.3 is 23.7 Å². The third kappa shape index (κ3) is 4.18. The van der Waals surface area contributed by atoms with Gasteiger partial charge in [0.25, 0.3) is 0 Å². The molecule has 20 heavy (non-hydrogen) atoms. The van der Waals surface area contributed by atoms with Gasteiger partial charge >= 0.3 is 0 Å². The molecule has 0 N–H and O–H groups in total. The summed E-state index contributed by atoms with van der Waals surface area (Å²) in [6.07, 6.45) is -0.267. The lowest BCUT2D eigenvalue weighted by atomic mass is 9.92. The average Bonchev–Trinajstić information content (AvgIpc) is 2.66. The van der Waals surface area contributed by atoms with Crippen LogP contribution in [0.25, 0.3) is 0 Å². The van der Waals surface area contributed by atoms with Gasteiger partial charge in [-0.3, -0.25) is 0 Å². The Morgan fingerprint density at radius 2 is 1.75 bits per heavy atom. The van der Waals surface area contributed by atoms with E-state index in [4.69, 9.17) is 23.7 Å². The van der Waals surface area contributed by atoms with Crippen LogP contribution in [-0.4, -0.2) is 72.3 Å². The van der Waals surface area contributed by atoms with E-state index in [0.717, 1.165) is 0 Å². The fourth-order valence-corrected chi connectivity index (χ4v) is 3.01. The quantitative estimate of drug-likeness (QED) is 0.607. The van der Waals surface area contributed by atoms with Crippen molar-refractivity contribution in [3.8, 4) is 0 Å². The number of hydrogen-bond acceptors (Lipinski definition) is 5. The van der Waals surface area contributed by atoms with Crippen LogP contribution in [0.15, 0.2) is 0 Å². The zero-order valence-electron chi connectivity index (χ0n) is 13.8. The van der Waals surface area contributed by atoms with Crippen molar-refractivity contribution in [1.82, 2.24) is 0 Å². The lowest BCUT2D eigenvalue weighted by Gasteiger charge is -2.31. The Kier molecular flexibility index (Phi) is 7.47. The van der Waals surface area contributed by atoms with Gasteiger partial charge in [-0.25, -0.2) is 0 Å². The zero-order valence-corrected chi connectivity index (χ0v) is 13.8. The molecule has 1 rings (SSSR count). The molecule has 0 amide bonds. The molecule has 0 spiro atoms. The summed E-state index contributed by atoms with van der Waals surface area (Å²) < 4.78 is 28.3. The largest absolute Gasteiger partial charge is 0.382 e. The van der Waals surface area contributed by atoms with Crippen LogP contribution in [0.4, 0.5) is 0 Å². The summed E-state index contributed by atoms with van der Waals surface area (Å²) in [5.74, 6) is 0.392. The van der Waals surface area contributed by atoms with Crippen LogP contribution in [-0.2, 0) is 23.7 Å². The van der Waals surface area contributed by atoms with E-state index in [1.54, 1.807) is 21.3 Å². The average molecular weight is 288 g/mol. The highest BCUT2D eigenvalue weighted by molar-refractivity contribution is 6.11. The fourth-order valence-electron chi connectivity index (χ4n) is 3.01. The van der Waals surface area contributed by atoms with Gasteiger partial charge in [0.1, 0.15) is 26.2 Å². The standard InChI is InChI=1S/C14H29BO5/c1-8(2)11(17-5)9(3)19-13-12(18-6)10(7-16-4)20-14(13)15/h8-14H,7,15H2,1-6H3/t9-,10+,11+,12?,13-,14+/m0/s1. The van der Waals surface area contributed by atoms with Gasteiger partial charge in [0, 0.05) is 21.3 Å². The van der Waals surface area contributed by atoms with Crippen molar-refractivity contribution in [1.29, 1.82) is 0 Å². The molecule has 0 aromatic rings. The Labute approximate surface area is 123 Å². The number of methoxy groups -OCH3 is 3. The molecule has 1 heterocycles. The molecule has 118 valence electrons. The van der Waals surface area contributed by atoms with Gasteiger partial charge in [0.15, 0.2) is 0 Å². The van der Waals surface area contributed by atoms with Crippen LogP contribution in [0.1, 0.15) is 20.8 Å². The zero-order chi connectivity index (χ0) is 15.3. The van der Waals surface area contributed by atoms with E-state index >= 15 is 0 Å².